The Labute approximate surface area is 123 Å². The van der Waals surface area contributed by atoms with Crippen LogP contribution in [0.25, 0.3) is 0 Å². The Morgan fingerprint density at radius 2 is 1.95 bits per heavy atom. The lowest BCUT2D eigenvalue weighted by molar-refractivity contribution is 0.0955. The van der Waals surface area contributed by atoms with Gasteiger partial charge >= 0.3 is 0 Å². The van der Waals surface area contributed by atoms with E-state index in [9.17, 15) is 14.3 Å². The average Bonchev–Trinajstić information content (AvgIpc) is 2.43. The van der Waals surface area contributed by atoms with E-state index >= 15 is 0 Å². The highest BCUT2D eigenvalue weighted by Gasteiger charge is 2.03. The van der Waals surface area contributed by atoms with Crippen LogP contribution in [0.4, 0.5) is 4.39 Å². The number of aromatic hydroxyl groups is 1. The van der Waals surface area contributed by atoms with Gasteiger partial charge in [0, 0.05) is 5.56 Å². The molecule has 0 saturated carbocycles. The number of nitrogens with one attached hydrogen (secondary N) is 1. The van der Waals surface area contributed by atoms with Gasteiger partial charge in [-0.2, -0.15) is 5.10 Å². The van der Waals surface area contributed by atoms with Gasteiger partial charge < -0.3 is 5.11 Å². The number of carbonyl (C=O) groups excluding carboxylic acids is 1. The SMILES string of the molecule is O=C(NN=Cc1ccc(O)c(Br)c1)c1ccc(F)cc1. The Kier molecular flexibility index (Phi) is 4.47. The third-order valence-electron chi connectivity index (χ3n) is 2.46. The van der Waals surface area contributed by atoms with E-state index in [0.29, 0.717) is 15.6 Å². The monoisotopic (exact) mass is 336 g/mol. The summed E-state index contributed by atoms with van der Waals surface area (Å²) < 4.78 is 13.2. The molecule has 2 rings (SSSR count). The summed E-state index contributed by atoms with van der Waals surface area (Å²) >= 11 is 3.18. The molecule has 0 atom stereocenters. The summed E-state index contributed by atoms with van der Waals surface area (Å²) in [6.45, 7) is 0. The number of amides is 1. The lowest BCUT2D eigenvalue weighted by Crippen LogP contribution is -2.17. The quantitative estimate of drug-likeness (QED) is 0.668. The number of rotatable bonds is 3. The Morgan fingerprint density at radius 3 is 2.60 bits per heavy atom. The van der Waals surface area contributed by atoms with Gasteiger partial charge in [-0.15, -0.1) is 0 Å². The van der Waals surface area contributed by atoms with Gasteiger partial charge in [0.1, 0.15) is 11.6 Å². The van der Waals surface area contributed by atoms with Gasteiger partial charge in [0.2, 0.25) is 0 Å². The molecule has 0 bridgehead atoms. The van der Waals surface area contributed by atoms with E-state index in [1.54, 1.807) is 12.1 Å². The van der Waals surface area contributed by atoms with Crippen LogP contribution < -0.4 is 5.43 Å². The first-order valence-corrected chi connectivity index (χ1v) is 6.43. The highest BCUT2D eigenvalue weighted by molar-refractivity contribution is 9.10. The molecule has 2 aromatic carbocycles. The molecule has 4 nitrogen and oxygen atoms in total. The van der Waals surface area contributed by atoms with Crippen LogP contribution in [-0.4, -0.2) is 17.2 Å². The van der Waals surface area contributed by atoms with E-state index in [2.05, 4.69) is 26.5 Å². The predicted octanol–water partition coefficient (Wildman–Crippen LogP) is 3.06. The molecule has 0 aliphatic heterocycles. The number of phenols is 1. The van der Waals surface area contributed by atoms with Crippen LogP contribution in [0, 0.1) is 5.82 Å². The molecule has 2 aromatic rings. The van der Waals surface area contributed by atoms with Crippen molar-refractivity contribution in [3.63, 3.8) is 0 Å². The molecule has 0 fully saturated rings. The second-order valence-corrected chi connectivity index (χ2v) is 4.77. The van der Waals surface area contributed by atoms with Crippen molar-refractivity contribution in [1.82, 2.24) is 5.43 Å². The molecular weight excluding hydrogens is 327 g/mol. The van der Waals surface area contributed by atoms with Gasteiger partial charge in [-0.05, 0) is 64.0 Å². The standard InChI is InChI=1S/C14H10BrFN2O2/c15-12-7-9(1-6-13(12)19)8-17-18-14(20)10-2-4-11(16)5-3-10/h1-8,19H,(H,18,20). The minimum atomic E-state index is -0.431. The molecule has 20 heavy (non-hydrogen) atoms. The number of phenolic OH excluding ortho intramolecular Hbond substituents is 1. The molecule has 2 N–H and O–H groups in total. The molecule has 102 valence electrons. The van der Waals surface area contributed by atoms with E-state index in [-0.39, 0.29) is 5.75 Å². The Balaban J connectivity index is 2.00. The lowest BCUT2D eigenvalue weighted by atomic mass is 10.2. The normalized spacial score (nSPS) is 10.7. The van der Waals surface area contributed by atoms with Crippen LogP contribution in [0.3, 0.4) is 0 Å². The molecular formula is C14H10BrFN2O2. The van der Waals surface area contributed by atoms with Crippen molar-refractivity contribution >= 4 is 28.1 Å². The smallest absolute Gasteiger partial charge is 0.271 e. The predicted molar refractivity (Wildman–Crippen MR) is 77.3 cm³/mol. The van der Waals surface area contributed by atoms with E-state index in [0.717, 1.165) is 0 Å². The lowest BCUT2D eigenvalue weighted by Gasteiger charge is -2.00. The van der Waals surface area contributed by atoms with Gasteiger partial charge in [0.05, 0.1) is 10.7 Å². The summed E-state index contributed by atoms with van der Waals surface area (Å²) in [6.07, 6.45) is 1.44. The summed E-state index contributed by atoms with van der Waals surface area (Å²) in [4.78, 5) is 11.7. The van der Waals surface area contributed by atoms with Crippen molar-refractivity contribution in [3.8, 4) is 5.75 Å². The highest BCUT2D eigenvalue weighted by Crippen LogP contribution is 2.23. The summed E-state index contributed by atoms with van der Waals surface area (Å²) in [6, 6.07) is 9.96. The first-order valence-electron chi connectivity index (χ1n) is 5.64. The fourth-order valence-electron chi connectivity index (χ4n) is 1.43. The molecule has 6 heteroatoms. The highest BCUT2D eigenvalue weighted by atomic mass is 79.9. The molecule has 0 radical (unpaired) electrons. The molecule has 0 aliphatic carbocycles. The van der Waals surface area contributed by atoms with Gasteiger partial charge in [0.15, 0.2) is 0 Å². The zero-order valence-electron chi connectivity index (χ0n) is 10.2. The molecule has 1 amide bonds. The Morgan fingerprint density at radius 1 is 1.25 bits per heavy atom. The van der Waals surface area contributed by atoms with Crippen LogP contribution in [0.15, 0.2) is 52.0 Å². The first kappa shape index (κ1) is 14.2. The van der Waals surface area contributed by atoms with Crippen LogP contribution >= 0.6 is 15.9 Å². The zero-order chi connectivity index (χ0) is 14.5. The maximum atomic E-state index is 12.7. The zero-order valence-corrected chi connectivity index (χ0v) is 11.8. The molecule has 0 aromatic heterocycles. The summed E-state index contributed by atoms with van der Waals surface area (Å²) in [5, 5.41) is 13.1. The number of nitrogens with zero attached hydrogens (tertiary/aromatic N) is 1. The van der Waals surface area contributed by atoms with Crippen LogP contribution in [0.2, 0.25) is 0 Å². The Bertz CT molecular complexity index is 657. The largest absolute Gasteiger partial charge is 0.507 e. The average molecular weight is 337 g/mol. The minimum absolute atomic E-state index is 0.123. The number of hydrogen-bond acceptors (Lipinski definition) is 3. The fraction of sp³-hybridized carbons (Fsp3) is 0. The number of hydrogen-bond donors (Lipinski definition) is 2. The van der Waals surface area contributed by atoms with Crippen molar-refractivity contribution in [3.05, 3.63) is 63.9 Å². The van der Waals surface area contributed by atoms with Gasteiger partial charge in [-0.25, -0.2) is 9.82 Å². The second-order valence-electron chi connectivity index (χ2n) is 3.92. The summed E-state index contributed by atoms with van der Waals surface area (Å²) in [5.41, 5.74) is 3.35. The second kappa shape index (κ2) is 6.29. The van der Waals surface area contributed by atoms with Crippen LogP contribution in [0.5, 0.6) is 5.75 Å². The van der Waals surface area contributed by atoms with Gasteiger partial charge in [-0.1, -0.05) is 0 Å². The van der Waals surface area contributed by atoms with Crippen LogP contribution in [-0.2, 0) is 0 Å². The van der Waals surface area contributed by atoms with Crippen molar-refractivity contribution < 1.29 is 14.3 Å². The molecule has 0 saturated heterocycles. The summed E-state index contributed by atoms with van der Waals surface area (Å²) in [5.74, 6) is -0.712. The molecule has 0 spiro atoms. The van der Waals surface area contributed by atoms with Crippen LogP contribution in [0.1, 0.15) is 15.9 Å². The van der Waals surface area contributed by atoms with E-state index < -0.39 is 11.7 Å². The Hall–Kier alpha value is -2.21. The maximum absolute atomic E-state index is 12.7. The van der Waals surface area contributed by atoms with E-state index in [4.69, 9.17) is 0 Å². The van der Waals surface area contributed by atoms with Gasteiger partial charge in [0.25, 0.3) is 5.91 Å². The van der Waals surface area contributed by atoms with E-state index in [1.165, 1.54) is 36.5 Å². The molecule has 0 heterocycles. The number of halogens is 2. The first-order chi connectivity index (χ1) is 9.56. The van der Waals surface area contributed by atoms with Crippen molar-refractivity contribution in [1.29, 1.82) is 0 Å². The fourth-order valence-corrected chi connectivity index (χ4v) is 1.83. The third kappa shape index (κ3) is 3.64. The minimum Gasteiger partial charge on any atom is -0.507 e. The van der Waals surface area contributed by atoms with Crippen molar-refractivity contribution in [2.45, 2.75) is 0 Å². The maximum Gasteiger partial charge on any atom is 0.271 e. The third-order valence-corrected chi connectivity index (χ3v) is 3.09. The number of hydrazone groups is 1. The van der Waals surface area contributed by atoms with Crippen molar-refractivity contribution in [2.75, 3.05) is 0 Å². The van der Waals surface area contributed by atoms with E-state index in [1.807, 2.05) is 0 Å². The van der Waals surface area contributed by atoms with Crippen molar-refractivity contribution in [2.24, 2.45) is 5.10 Å². The topological polar surface area (TPSA) is 61.7 Å². The summed E-state index contributed by atoms with van der Waals surface area (Å²) in [7, 11) is 0. The number of benzene rings is 2. The number of carbonyl (C=O) groups is 1. The molecule has 0 unspecified atom stereocenters. The van der Waals surface area contributed by atoms with Gasteiger partial charge in [-0.3, -0.25) is 4.79 Å². The molecule has 0 aliphatic rings.